The molecule has 0 heteroatoms. The molecule has 0 bridgehead atoms. The van der Waals surface area contributed by atoms with Crippen LogP contribution >= 0.6 is 0 Å². The fraction of sp³-hybridized carbons (Fsp3) is 0. The Morgan fingerprint density at radius 2 is 1.12 bits per heavy atom. The Kier molecular flexibility index (Phi) is 4.37. The molecule has 0 heterocycles. The van der Waals surface area contributed by atoms with Gasteiger partial charge in [-0.1, -0.05) is 97.3 Å². The van der Waals surface area contributed by atoms with Gasteiger partial charge in [0.25, 0.3) is 0 Å². The van der Waals surface area contributed by atoms with E-state index in [1.165, 1.54) is 22.3 Å². The Labute approximate surface area is 154 Å². The van der Waals surface area contributed by atoms with Gasteiger partial charge in [-0.25, -0.2) is 0 Å². The summed E-state index contributed by atoms with van der Waals surface area (Å²) in [4.78, 5) is 0. The Morgan fingerprint density at radius 3 is 1.69 bits per heavy atom. The maximum Gasteiger partial charge on any atom is 0.0248 e. The zero-order chi connectivity index (χ0) is 17.8. The van der Waals surface area contributed by atoms with Crippen molar-refractivity contribution < 1.29 is 0 Å². The molecule has 122 valence electrons. The summed E-state index contributed by atoms with van der Waals surface area (Å²) in [7, 11) is 0. The minimum absolute atomic E-state index is 1.02. The molecule has 0 radical (unpaired) electrons. The van der Waals surface area contributed by atoms with Gasteiger partial charge in [-0.2, -0.15) is 0 Å². The molecule has 0 fully saturated rings. The summed E-state index contributed by atoms with van der Waals surface area (Å²) in [6.07, 6.45) is 1.99. The van der Waals surface area contributed by atoms with E-state index >= 15 is 0 Å². The third-order valence-electron chi connectivity index (χ3n) is 4.48. The second kappa shape index (κ2) is 7.13. The summed E-state index contributed by atoms with van der Waals surface area (Å²) < 4.78 is 0. The lowest BCUT2D eigenvalue weighted by atomic mass is 9.72. The molecule has 1 aliphatic rings. The highest BCUT2D eigenvalue weighted by Gasteiger charge is 2.29. The monoisotopic (exact) mass is 330 g/mol. The van der Waals surface area contributed by atoms with Crippen molar-refractivity contribution in [2.24, 2.45) is 0 Å². The number of allylic oxidation sites excluding steroid dienone is 5. The number of hydrogen-bond donors (Lipinski definition) is 0. The smallest absolute Gasteiger partial charge is 0.0248 e. The Hall–Kier alpha value is -3.56. The lowest BCUT2D eigenvalue weighted by Gasteiger charge is -2.30. The topological polar surface area (TPSA) is 0 Å². The highest BCUT2D eigenvalue weighted by molar-refractivity contribution is 6.18. The van der Waals surface area contributed by atoms with Gasteiger partial charge in [0.15, 0.2) is 0 Å². The quantitative estimate of drug-likeness (QED) is 0.495. The van der Waals surface area contributed by atoms with Gasteiger partial charge in [0, 0.05) is 5.56 Å². The SMILES string of the molecule is C=C1C(c2ccccc2)=C(c2ccccc2)/C1=C/C#Cc1ccccc1. The number of hydrogen-bond acceptors (Lipinski definition) is 0. The first-order valence-corrected chi connectivity index (χ1v) is 8.66. The Morgan fingerprint density at radius 1 is 0.615 bits per heavy atom. The van der Waals surface area contributed by atoms with Crippen molar-refractivity contribution in [2.75, 3.05) is 0 Å². The minimum atomic E-state index is 1.02. The van der Waals surface area contributed by atoms with Gasteiger partial charge >= 0.3 is 0 Å². The second-order valence-corrected chi connectivity index (χ2v) is 6.15. The first kappa shape index (κ1) is 15.9. The van der Waals surface area contributed by atoms with Crippen LogP contribution in [0.4, 0.5) is 0 Å². The van der Waals surface area contributed by atoms with E-state index < -0.39 is 0 Å². The molecule has 0 aromatic heterocycles. The summed E-state index contributed by atoms with van der Waals surface area (Å²) in [5.41, 5.74) is 8.03. The zero-order valence-electron chi connectivity index (χ0n) is 14.4. The molecule has 0 spiro atoms. The van der Waals surface area contributed by atoms with Crippen molar-refractivity contribution >= 4 is 11.1 Å². The van der Waals surface area contributed by atoms with Crippen LogP contribution in [0.5, 0.6) is 0 Å². The summed E-state index contributed by atoms with van der Waals surface area (Å²) in [6, 6.07) is 30.9. The molecule has 1 aliphatic carbocycles. The highest BCUT2D eigenvalue weighted by Crippen LogP contribution is 2.49. The molecule has 0 atom stereocenters. The fourth-order valence-corrected chi connectivity index (χ4v) is 3.21. The molecule has 0 amide bonds. The van der Waals surface area contributed by atoms with Crippen LogP contribution in [0.3, 0.4) is 0 Å². The van der Waals surface area contributed by atoms with Gasteiger partial charge in [0.05, 0.1) is 0 Å². The summed E-state index contributed by atoms with van der Waals surface area (Å²) >= 11 is 0. The van der Waals surface area contributed by atoms with Gasteiger partial charge < -0.3 is 0 Å². The van der Waals surface area contributed by atoms with Gasteiger partial charge in [0.1, 0.15) is 0 Å². The summed E-state index contributed by atoms with van der Waals surface area (Å²) in [5.74, 6) is 6.40. The van der Waals surface area contributed by atoms with Crippen LogP contribution in [0.25, 0.3) is 11.1 Å². The van der Waals surface area contributed by atoms with Crippen molar-refractivity contribution in [1.82, 2.24) is 0 Å². The fourth-order valence-electron chi connectivity index (χ4n) is 3.21. The Balaban J connectivity index is 1.79. The van der Waals surface area contributed by atoms with Crippen LogP contribution in [0, 0.1) is 11.8 Å². The van der Waals surface area contributed by atoms with Gasteiger partial charge in [-0.15, -0.1) is 0 Å². The van der Waals surface area contributed by atoms with E-state index in [1.54, 1.807) is 0 Å². The number of rotatable bonds is 2. The largest absolute Gasteiger partial charge is 0.0905 e. The Bertz CT molecular complexity index is 1050. The molecule has 0 N–H and O–H groups in total. The van der Waals surface area contributed by atoms with Crippen LogP contribution in [0.1, 0.15) is 16.7 Å². The predicted octanol–water partition coefficient (Wildman–Crippen LogP) is 6.15. The third-order valence-corrected chi connectivity index (χ3v) is 4.48. The second-order valence-electron chi connectivity index (χ2n) is 6.15. The van der Waals surface area contributed by atoms with Crippen LogP contribution < -0.4 is 0 Å². The van der Waals surface area contributed by atoms with Crippen molar-refractivity contribution in [3.05, 3.63) is 131 Å². The normalized spacial score (nSPS) is 14.6. The first-order valence-electron chi connectivity index (χ1n) is 8.66. The highest BCUT2D eigenvalue weighted by atomic mass is 14.3. The van der Waals surface area contributed by atoms with Crippen molar-refractivity contribution in [1.29, 1.82) is 0 Å². The van der Waals surface area contributed by atoms with E-state index in [-0.39, 0.29) is 0 Å². The van der Waals surface area contributed by atoms with E-state index in [0.717, 1.165) is 16.7 Å². The van der Waals surface area contributed by atoms with Crippen molar-refractivity contribution in [3.63, 3.8) is 0 Å². The van der Waals surface area contributed by atoms with Gasteiger partial charge in [-0.3, -0.25) is 0 Å². The summed E-state index contributed by atoms with van der Waals surface area (Å²) in [5, 5.41) is 0. The molecule has 0 saturated heterocycles. The molecule has 0 saturated carbocycles. The van der Waals surface area contributed by atoms with Crippen molar-refractivity contribution in [3.8, 4) is 11.8 Å². The van der Waals surface area contributed by atoms with Gasteiger partial charge in [-0.05, 0) is 51.6 Å². The molecule has 0 aliphatic heterocycles. The van der Waals surface area contributed by atoms with E-state index in [0.29, 0.717) is 0 Å². The zero-order valence-corrected chi connectivity index (χ0v) is 14.4. The predicted molar refractivity (Wildman–Crippen MR) is 110 cm³/mol. The van der Waals surface area contributed by atoms with Gasteiger partial charge in [0.2, 0.25) is 0 Å². The molecular formula is C26H18. The number of benzene rings is 3. The van der Waals surface area contributed by atoms with Crippen LogP contribution in [0.15, 0.2) is 115 Å². The standard InChI is InChI=1S/C26H18/c1-20-24(19-11-14-21-12-5-2-6-13-21)26(23-17-9-4-10-18-23)25(20)22-15-7-3-8-16-22/h2-10,12-13,15-19H,1H2/b24-19+. The molecule has 0 unspecified atom stereocenters. The minimum Gasteiger partial charge on any atom is -0.0905 e. The van der Waals surface area contributed by atoms with Crippen LogP contribution in [-0.2, 0) is 0 Å². The van der Waals surface area contributed by atoms with Crippen LogP contribution in [0.2, 0.25) is 0 Å². The molecule has 4 rings (SSSR count). The van der Waals surface area contributed by atoms with E-state index in [1.807, 2.05) is 48.5 Å². The van der Waals surface area contributed by atoms with Crippen molar-refractivity contribution in [2.45, 2.75) is 0 Å². The molecule has 0 nitrogen and oxygen atoms in total. The molecule has 3 aromatic carbocycles. The third kappa shape index (κ3) is 3.04. The van der Waals surface area contributed by atoms with E-state index in [9.17, 15) is 0 Å². The average molecular weight is 330 g/mol. The van der Waals surface area contributed by atoms with Crippen LogP contribution in [-0.4, -0.2) is 0 Å². The molecule has 3 aromatic rings. The lowest BCUT2D eigenvalue weighted by molar-refractivity contribution is 1.44. The maximum absolute atomic E-state index is 4.31. The average Bonchev–Trinajstić information content (AvgIpc) is 2.71. The maximum atomic E-state index is 4.31. The summed E-state index contributed by atoms with van der Waals surface area (Å²) in [6.45, 7) is 4.31. The lowest BCUT2D eigenvalue weighted by Crippen LogP contribution is -2.10. The molecular weight excluding hydrogens is 312 g/mol. The molecule has 26 heavy (non-hydrogen) atoms. The van der Waals surface area contributed by atoms with E-state index in [4.69, 9.17) is 0 Å². The van der Waals surface area contributed by atoms with E-state index in [2.05, 4.69) is 67.0 Å². The first-order chi connectivity index (χ1) is 12.8.